The van der Waals surface area contributed by atoms with Crippen molar-refractivity contribution in [1.82, 2.24) is 15.5 Å². The Morgan fingerprint density at radius 2 is 1.87 bits per heavy atom. The molecule has 0 aromatic carbocycles. The van der Waals surface area contributed by atoms with Gasteiger partial charge < -0.3 is 15.4 Å². The van der Waals surface area contributed by atoms with Crippen molar-refractivity contribution in [2.75, 3.05) is 39.8 Å². The van der Waals surface area contributed by atoms with Gasteiger partial charge in [0, 0.05) is 18.6 Å². The van der Waals surface area contributed by atoms with E-state index in [1.54, 1.807) is 0 Å². The standard InChI is InChI=1S/C16H32N4O2.HI/c1-5-17-15(18-10-9-14(21)22-4)19-13-16(2,3)20-11-7-6-8-12-20;/h5-13H2,1-4H3,(H2,17,18,19);1H. The van der Waals surface area contributed by atoms with E-state index in [4.69, 9.17) is 0 Å². The van der Waals surface area contributed by atoms with Crippen molar-refractivity contribution >= 4 is 35.9 Å². The number of likely N-dealkylation sites (tertiary alicyclic amines) is 1. The van der Waals surface area contributed by atoms with Crippen molar-refractivity contribution in [2.45, 2.75) is 52.0 Å². The van der Waals surface area contributed by atoms with Crippen molar-refractivity contribution in [1.29, 1.82) is 0 Å². The molecule has 0 bridgehead atoms. The highest BCUT2D eigenvalue weighted by Gasteiger charge is 2.27. The maximum absolute atomic E-state index is 11.1. The molecule has 1 aliphatic heterocycles. The zero-order valence-corrected chi connectivity index (χ0v) is 17.3. The number of halogens is 1. The van der Waals surface area contributed by atoms with Crippen LogP contribution in [0, 0.1) is 0 Å². The Morgan fingerprint density at radius 1 is 1.22 bits per heavy atom. The molecule has 2 N–H and O–H groups in total. The summed E-state index contributed by atoms with van der Waals surface area (Å²) >= 11 is 0. The number of hydrogen-bond donors (Lipinski definition) is 2. The van der Waals surface area contributed by atoms with Crippen molar-refractivity contribution < 1.29 is 9.53 Å². The maximum Gasteiger partial charge on any atom is 0.307 e. The topological polar surface area (TPSA) is 66.0 Å². The summed E-state index contributed by atoms with van der Waals surface area (Å²) < 4.78 is 4.64. The molecular formula is C16H33IN4O2. The number of carbonyl (C=O) groups excluding carboxylic acids is 1. The number of hydrogen-bond acceptors (Lipinski definition) is 4. The van der Waals surface area contributed by atoms with Crippen molar-refractivity contribution in [3.05, 3.63) is 0 Å². The summed E-state index contributed by atoms with van der Waals surface area (Å²) in [5.41, 5.74) is 0.0606. The number of esters is 1. The summed E-state index contributed by atoms with van der Waals surface area (Å²) in [5, 5.41) is 6.40. The summed E-state index contributed by atoms with van der Waals surface area (Å²) in [6.45, 7) is 10.9. The number of rotatable bonds is 7. The van der Waals surface area contributed by atoms with Crippen molar-refractivity contribution in [3.8, 4) is 0 Å². The van der Waals surface area contributed by atoms with Gasteiger partial charge in [0.25, 0.3) is 0 Å². The molecule has 0 amide bonds. The maximum atomic E-state index is 11.1. The van der Waals surface area contributed by atoms with Crippen LogP contribution in [-0.2, 0) is 9.53 Å². The molecule has 1 saturated heterocycles. The third-order valence-electron chi connectivity index (χ3n) is 4.03. The monoisotopic (exact) mass is 440 g/mol. The lowest BCUT2D eigenvalue weighted by atomic mass is 9.99. The van der Waals surface area contributed by atoms with E-state index in [0.29, 0.717) is 13.0 Å². The van der Waals surface area contributed by atoms with Gasteiger partial charge in [-0.15, -0.1) is 24.0 Å². The second-order valence-electron chi connectivity index (χ2n) is 6.31. The van der Waals surface area contributed by atoms with Gasteiger partial charge in [0.2, 0.25) is 0 Å². The largest absolute Gasteiger partial charge is 0.469 e. The summed E-state index contributed by atoms with van der Waals surface area (Å²) in [4.78, 5) is 18.4. The van der Waals surface area contributed by atoms with Crippen LogP contribution in [0.25, 0.3) is 0 Å². The first-order valence-corrected chi connectivity index (χ1v) is 8.33. The molecule has 136 valence electrons. The molecule has 0 spiro atoms. The second-order valence-corrected chi connectivity index (χ2v) is 6.31. The third-order valence-corrected chi connectivity index (χ3v) is 4.03. The first-order chi connectivity index (χ1) is 10.5. The van der Waals surface area contributed by atoms with E-state index in [0.717, 1.165) is 32.1 Å². The Labute approximate surface area is 157 Å². The number of piperidine rings is 1. The fourth-order valence-corrected chi connectivity index (χ4v) is 2.60. The second kappa shape index (κ2) is 11.9. The summed E-state index contributed by atoms with van der Waals surface area (Å²) in [6, 6.07) is 0. The Morgan fingerprint density at radius 3 is 2.43 bits per heavy atom. The van der Waals surface area contributed by atoms with Crippen LogP contribution in [0.2, 0.25) is 0 Å². The molecule has 0 aromatic heterocycles. The lowest BCUT2D eigenvalue weighted by Crippen LogP contribution is -2.49. The number of nitrogens with one attached hydrogen (secondary N) is 2. The summed E-state index contributed by atoms with van der Waals surface area (Å²) in [7, 11) is 1.41. The zero-order chi connectivity index (χ0) is 16.4. The smallest absolute Gasteiger partial charge is 0.307 e. The number of ether oxygens (including phenoxy) is 1. The predicted octanol–water partition coefficient (Wildman–Crippen LogP) is 1.99. The van der Waals surface area contributed by atoms with Crippen LogP contribution in [0.15, 0.2) is 4.99 Å². The molecule has 7 heteroatoms. The first-order valence-electron chi connectivity index (χ1n) is 8.33. The molecular weight excluding hydrogens is 407 g/mol. The van der Waals surface area contributed by atoms with Crippen LogP contribution in [0.3, 0.4) is 0 Å². The third kappa shape index (κ3) is 8.74. The van der Waals surface area contributed by atoms with E-state index < -0.39 is 0 Å². The average molecular weight is 440 g/mol. The van der Waals surface area contributed by atoms with Crippen LogP contribution >= 0.6 is 24.0 Å². The van der Waals surface area contributed by atoms with Crippen LogP contribution in [-0.4, -0.2) is 62.2 Å². The van der Waals surface area contributed by atoms with Gasteiger partial charge in [-0.3, -0.25) is 14.7 Å². The first kappa shape index (κ1) is 22.4. The Bertz CT molecular complexity index is 369. The molecule has 0 saturated carbocycles. The molecule has 0 aromatic rings. The highest BCUT2D eigenvalue weighted by molar-refractivity contribution is 14.0. The number of guanidine groups is 1. The lowest BCUT2D eigenvalue weighted by Gasteiger charge is -2.40. The molecule has 0 unspecified atom stereocenters. The molecule has 1 fully saturated rings. The van der Waals surface area contributed by atoms with E-state index in [1.807, 2.05) is 6.92 Å². The van der Waals surface area contributed by atoms with Crippen LogP contribution in [0.5, 0.6) is 0 Å². The fourth-order valence-electron chi connectivity index (χ4n) is 2.60. The Balaban J connectivity index is 0.00000484. The summed E-state index contributed by atoms with van der Waals surface area (Å²) in [6.07, 6.45) is 4.25. The minimum absolute atomic E-state index is 0. The van der Waals surface area contributed by atoms with E-state index in [1.165, 1.54) is 26.4 Å². The van der Waals surface area contributed by atoms with E-state index >= 15 is 0 Å². The Kier molecular flexibility index (Phi) is 11.6. The minimum atomic E-state index is -0.211. The molecule has 0 aliphatic carbocycles. The van der Waals surface area contributed by atoms with Gasteiger partial charge >= 0.3 is 5.97 Å². The molecule has 1 aliphatic rings. The van der Waals surface area contributed by atoms with Gasteiger partial charge in [0.05, 0.1) is 20.1 Å². The number of aliphatic imine (C=N–C) groups is 1. The molecule has 23 heavy (non-hydrogen) atoms. The van der Waals surface area contributed by atoms with E-state index in [9.17, 15) is 4.79 Å². The fraction of sp³-hybridized carbons (Fsp3) is 0.875. The normalized spacial score (nSPS) is 16.4. The molecule has 1 heterocycles. The minimum Gasteiger partial charge on any atom is -0.469 e. The molecule has 0 atom stereocenters. The van der Waals surface area contributed by atoms with Crippen molar-refractivity contribution in [3.63, 3.8) is 0 Å². The predicted molar refractivity (Wildman–Crippen MR) is 106 cm³/mol. The number of nitrogens with zero attached hydrogens (tertiary/aromatic N) is 2. The quantitative estimate of drug-likeness (QED) is 0.274. The average Bonchev–Trinajstić information content (AvgIpc) is 2.53. The van der Waals surface area contributed by atoms with Crippen molar-refractivity contribution in [2.24, 2.45) is 4.99 Å². The molecule has 0 radical (unpaired) electrons. The zero-order valence-electron chi connectivity index (χ0n) is 15.0. The van der Waals surface area contributed by atoms with Gasteiger partial charge in [0.15, 0.2) is 5.96 Å². The van der Waals surface area contributed by atoms with Gasteiger partial charge in [-0.05, 0) is 46.7 Å². The van der Waals surface area contributed by atoms with Crippen LogP contribution in [0.4, 0.5) is 0 Å². The molecule has 1 rings (SSSR count). The highest BCUT2D eigenvalue weighted by atomic mass is 127. The van der Waals surface area contributed by atoms with Crippen LogP contribution in [0.1, 0.15) is 46.5 Å². The van der Waals surface area contributed by atoms with Gasteiger partial charge in [-0.1, -0.05) is 6.42 Å². The number of carbonyl (C=O) groups is 1. The van der Waals surface area contributed by atoms with Gasteiger partial charge in [-0.25, -0.2) is 0 Å². The van der Waals surface area contributed by atoms with E-state index in [-0.39, 0.29) is 35.5 Å². The Hall–Kier alpha value is -0.570. The van der Waals surface area contributed by atoms with Crippen LogP contribution < -0.4 is 10.6 Å². The SMILES string of the molecule is CCNC(=NCC(C)(C)N1CCCCC1)NCCC(=O)OC.I. The van der Waals surface area contributed by atoms with Gasteiger partial charge in [-0.2, -0.15) is 0 Å². The molecule has 6 nitrogen and oxygen atoms in total. The number of methoxy groups -OCH3 is 1. The van der Waals surface area contributed by atoms with E-state index in [2.05, 4.69) is 39.1 Å². The highest BCUT2D eigenvalue weighted by Crippen LogP contribution is 2.20. The van der Waals surface area contributed by atoms with Gasteiger partial charge in [0.1, 0.15) is 0 Å². The lowest BCUT2D eigenvalue weighted by molar-refractivity contribution is -0.140. The summed E-state index contributed by atoms with van der Waals surface area (Å²) in [5.74, 6) is 0.550.